The predicted octanol–water partition coefficient (Wildman–Crippen LogP) is 3.65. The lowest BCUT2D eigenvalue weighted by Gasteiger charge is -2.10. The van der Waals surface area contributed by atoms with Gasteiger partial charge in [-0.1, -0.05) is 23.9 Å². The summed E-state index contributed by atoms with van der Waals surface area (Å²) in [5.74, 6) is -0.812. The summed E-state index contributed by atoms with van der Waals surface area (Å²) in [6, 6.07) is 12.6. The van der Waals surface area contributed by atoms with Crippen molar-refractivity contribution in [2.45, 2.75) is 23.1 Å². The lowest BCUT2D eigenvalue weighted by Crippen LogP contribution is -2.06. The first-order chi connectivity index (χ1) is 11.5. The van der Waals surface area contributed by atoms with Gasteiger partial charge in [0, 0.05) is 9.79 Å². The standard InChI is InChI=1S/C18H18O5S/c1-3-23-18(21)15-11-14(8-9-16(15)22-2)24-13-6-4-12(5-7-13)10-17(19)20/h4-9,11H,3,10H2,1-2H3,(H,19,20). The maximum atomic E-state index is 12.0. The molecule has 0 heterocycles. The van der Waals surface area contributed by atoms with Gasteiger partial charge in [-0.25, -0.2) is 4.79 Å². The molecule has 0 aliphatic rings. The molecule has 0 fully saturated rings. The van der Waals surface area contributed by atoms with Gasteiger partial charge in [-0.15, -0.1) is 0 Å². The fourth-order valence-corrected chi connectivity index (χ4v) is 2.96. The molecule has 0 radical (unpaired) electrons. The molecule has 6 heteroatoms. The Balaban J connectivity index is 2.18. The first-order valence-corrected chi connectivity index (χ1v) is 8.19. The van der Waals surface area contributed by atoms with E-state index in [1.807, 2.05) is 18.2 Å². The zero-order valence-electron chi connectivity index (χ0n) is 13.4. The lowest BCUT2D eigenvalue weighted by atomic mass is 10.2. The molecule has 2 aromatic rings. The number of benzene rings is 2. The van der Waals surface area contributed by atoms with Crippen molar-refractivity contribution in [1.82, 2.24) is 0 Å². The van der Waals surface area contributed by atoms with E-state index >= 15 is 0 Å². The average Bonchev–Trinajstić information content (AvgIpc) is 2.56. The predicted molar refractivity (Wildman–Crippen MR) is 90.9 cm³/mol. The molecule has 0 atom stereocenters. The van der Waals surface area contributed by atoms with Crippen LogP contribution in [-0.2, 0) is 16.0 Å². The highest BCUT2D eigenvalue weighted by Crippen LogP contribution is 2.32. The molecule has 1 N–H and O–H groups in total. The van der Waals surface area contributed by atoms with Crippen LogP contribution in [0.25, 0.3) is 0 Å². The van der Waals surface area contributed by atoms with Crippen LogP contribution in [0.5, 0.6) is 5.75 Å². The summed E-state index contributed by atoms with van der Waals surface area (Å²) >= 11 is 1.47. The fraction of sp³-hybridized carbons (Fsp3) is 0.222. The minimum atomic E-state index is -0.857. The number of carbonyl (C=O) groups is 2. The molecule has 2 aromatic carbocycles. The maximum absolute atomic E-state index is 12.0. The van der Waals surface area contributed by atoms with Gasteiger partial charge >= 0.3 is 11.9 Å². The third-order valence-electron chi connectivity index (χ3n) is 3.18. The van der Waals surface area contributed by atoms with Crippen LogP contribution in [0.1, 0.15) is 22.8 Å². The first-order valence-electron chi connectivity index (χ1n) is 7.37. The number of esters is 1. The van der Waals surface area contributed by atoms with Gasteiger partial charge in [0.15, 0.2) is 0 Å². The van der Waals surface area contributed by atoms with Crippen LogP contribution in [0.2, 0.25) is 0 Å². The molecule has 5 nitrogen and oxygen atoms in total. The van der Waals surface area contributed by atoms with E-state index in [1.54, 1.807) is 31.2 Å². The van der Waals surface area contributed by atoms with E-state index in [0.717, 1.165) is 15.4 Å². The largest absolute Gasteiger partial charge is 0.496 e. The summed E-state index contributed by atoms with van der Waals surface area (Å²) in [4.78, 5) is 24.5. The van der Waals surface area contributed by atoms with Crippen LogP contribution in [0.4, 0.5) is 0 Å². The van der Waals surface area contributed by atoms with Crippen LogP contribution < -0.4 is 4.74 Å². The van der Waals surface area contributed by atoms with Gasteiger partial charge < -0.3 is 14.6 Å². The van der Waals surface area contributed by atoms with Gasteiger partial charge in [0.2, 0.25) is 0 Å². The van der Waals surface area contributed by atoms with Crippen molar-refractivity contribution >= 4 is 23.7 Å². The van der Waals surface area contributed by atoms with Gasteiger partial charge in [-0.3, -0.25) is 4.79 Å². The number of rotatable bonds is 7. The number of hydrogen-bond donors (Lipinski definition) is 1. The molecule has 0 amide bonds. The van der Waals surface area contributed by atoms with E-state index in [-0.39, 0.29) is 6.42 Å². The van der Waals surface area contributed by atoms with Crippen molar-refractivity contribution in [3.8, 4) is 5.75 Å². The second kappa shape index (κ2) is 8.40. The third-order valence-corrected chi connectivity index (χ3v) is 4.18. The highest BCUT2D eigenvalue weighted by atomic mass is 32.2. The van der Waals surface area contributed by atoms with Crippen molar-refractivity contribution < 1.29 is 24.2 Å². The number of methoxy groups -OCH3 is 1. The fourth-order valence-electron chi connectivity index (χ4n) is 2.10. The Morgan fingerprint density at radius 2 is 1.75 bits per heavy atom. The van der Waals surface area contributed by atoms with Crippen LogP contribution in [0, 0.1) is 0 Å². The Labute approximate surface area is 144 Å². The van der Waals surface area contributed by atoms with Gasteiger partial charge in [0.1, 0.15) is 11.3 Å². The van der Waals surface area contributed by atoms with E-state index in [1.165, 1.54) is 18.9 Å². The van der Waals surface area contributed by atoms with Crippen LogP contribution in [0.3, 0.4) is 0 Å². The molecular weight excluding hydrogens is 328 g/mol. The van der Waals surface area contributed by atoms with E-state index in [0.29, 0.717) is 17.9 Å². The number of carboxylic acids is 1. The summed E-state index contributed by atoms with van der Waals surface area (Å²) in [6.07, 6.45) is 0.000485. The van der Waals surface area contributed by atoms with Crippen LogP contribution in [0.15, 0.2) is 52.3 Å². The highest BCUT2D eigenvalue weighted by molar-refractivity contribution is 7.99. The molecule has 0 bridgehead atoms. The Bertz CT molecular complexity index is 725. The molecule has 24 heavy (non-hydrogen) atoms. The zero-order chi connectivity index (χ0) is 17.5. The SMILES string of the molecule is CCOC(=O)c1cc(Sc2ccc(CC(=O)O)cc2)ccc1OC. The highest BCUT2D eigenvalue weighted by Gasteiger charge is 2.14. The van der Waals surface area contributed by atoms with Crippen LogP contribution in [-0.4, -0.2) is 30.8 Å². The van der Waals surface area contributed by atoms with Crippen molar-refractivity contribution in [1.29, 1.82) is 0 Å². The molecule has 2 rings (SSSR count). The van der Waals surface area contributed by atoms with E-state index in [9.17, 15) is 9.59 Å². The molecule has 0 aromatic heterocycles. The summed E-state index contributed by atoms with van der Waals surface area (Å²) in [5.41, 5.74) is 1.13. The maximum Gasteiger partial charge on any atom is 0.341 e. The van der Waals surface area contributed by atoms with E-state index in [2.05, 4.69) is 0 Å². The molecule has 0 unspecified atom stereocenters. The average molecular weight is 346 g/mol. The molecule has 0 aliphatic carbocycles. The summed E-state index contributed by atoms with van der Waals surface area (Å²) in [5, 5.41) is 8.79. The normalized spacial score (nSPS) is 10.2. The molecular formula is C18H18O5S. The second-order valence-corrected chi connectivity index (χ2v) is 6.05. The summed E-state index contributed by atoms with van der Waals surface area (Å²) in [6.45, 7) is 2.05. The molecule has 126 valence electrons. The van der Waals surface area contributed by atoms with Crippen molar-refractivity contribution in [3.63, 3.8) is 0 Å². The van der Waals surface area contributed by atoms with Gasteiger partial charge in [-0.05, 0) is 42.8 Å². The summed E-state index contributed by atoms with van der Waals surface area (Å²) < 4.78 is 10.2. The lowest BCUT2D eigenvalue weighted by molar-refractivity contribution is -0.136. The smallest absolute Gasteiger partial charge is 0.341 e. The van der Waals surface area contributed by atoms with Gasteiger partial charge in [0.05, 0.1) is 20.1 Å². The Morgan fingerprint density at radius 3 is 2.33 bits per heavy atom. The molecule has 0 saturated carbocycles. The minimum absolute atomic E-state index is 0.000485. The molecule has 0 aliphatic heterocycles. The Hall–Kier alpha value is -2.47. The van der Waals surface area contributed by atoms with E-state index in [4.69, 9.17) is 14.6 Å². The Morgan fingerprint density at radius 1 is 1.08 bits per heavy atom. The van der Waals surface area contributed by atoms with E-state index < -0.39 is 11.9 Å². The molecule has 0 saturated heterocycles. The zero-order valence-corrected chi connectivity index (χ0v) is 14.3. The van der Waals surface area contributed by atoms with Crippen molar-refractivity contribution in [2.75, 3.05) is 13.7 Å². The number of hydrogen-bond acceptors (Lipinski definition) is 5. The summed E-state index contributed by atoms with van der Waals surface area (Å²) in [7, 11) is 1.51. The number of ether oxygens (including phenoxy) is 2. The number of carbonyl (C=O) groups excluding carboxylic acids is 1. The second-order valence-electron chi connectivity index (χ2n) is 4.90. The quantitative estimate of drug-likeness (QED) is 0.772. The first kappa shape index (κ1) is 17.9. The minimum Gasteiger partial charge on any atom is -0.496 e. The van der Waals surface area contributed by atoms with Crippen molar-refractivity contribution in [3.05, 3.63) is 53.6 Å². The topological polar surface area (TPSA) is 72.8 Å². The Kier molecular flexibility index (Phi) is 6.26. The van der Waals surface area contributed by atoms with Gasteiger partial charge in [-0.2, -0.15) is 0 Å². The van der Waals surface area contributed by atoms with Gasteiger partial charge in [0.25, 0.3) is 0 Å². The van der Waals surface area contributed by atoms with Crippen molar-refractivity contribution in [2.24, 2.45) is 0 Å². The molecule has 0 spiro atoms. The number of carboxylic acid groups (broad SMARTS) is 1. The monoisotopic (exact) mass is 346 g/mol. The van der Waals surface area contributed by atoms with Crippen LogP contribution >= 0.6 is 11.8 Å². The third kappa shape index (κ3) is 4.76. The number of aliphatic carboxylic acids is 1.